The third kappa shape index (κ3) is 4.16. The van der Waals surface area contributed by atoms with Gasteiger partial charge in [-0.1, -0.05) is 0 Å². The minimum atomic E-state index is -0.650. The minimum Gasteiger partial charge on any atom is -0.504 e. The number of aromatic hydroxyl groups is 1. The van der Waals surface area contributed by atoms with Gasteiger partial charge in [-0.25, -0.2) is 10.4 Å². The lowest BCUT2D eigenvalue weighted by Crippen LogP contribution is -2.20. The first-order valence-electron chi connectivity index (χ1n) is 6.48. The summed E-state index contributed by atoms with van der Waals surface area (Å²) in [7, 11) is 1.28. The molecule has 0 saturated heterocycles. The molecule has 1 amide bonds. The van der Waals surface area contributed by atoms with E-state index in [4.69, 9.17) is 10.5 Å². The second kappa shape index (κ2) is 7.37. The van der Waals surface area contributed by atoms with Crippen LogP contribution in [0.1, 0.15) is 11.3 Å². The van der Waals surface area contributed by atoms with Crippen LogP contribution in [0.25, 0.3) is 0 Å². The van der Waals surface area contributed by atoms with E-state index < -0.39 is 10.8 Å². The Hall–Kier alpha value is -3.21. The monoisotopic (exact) mass is 351 g/mol. The topological polar surface area (TPSA) is 153 Å². The number of methoxy groups -OCH3 is 1. The molecule has 11 heteroatoms. The number of phenols is 1. The maximum Gasteiger partial charge on any atom is 0.282 e. The lowest BCUT2D eigenvalue weighted by molar-refractivity contribution is -0.385. The molecular formula is C13H13N5O5S. The summed E-state index contributed by atoms with van der Waals surface area (Å²) in [6.07, 6.45) is 1.03. The quantitative estimate of drug-likeness (QED) is 0.399. The number of hydrazone groups is 1. The van der Waals surface area contributed by atoms with Gasteiger partial charge in [0, 0.05) is 5.38 Å². The Bertz CT molecular complexity index is 804. The second-order valence-electron chi connectivity index (χ2n) is 4.49. The number of thiazole rings is 1. The van der Waals surface area contributed by atoms with Crippen LogP contribution in [0.3, 0.4) is 0 Å². The molecule has 126 valence electrons. The van der Waals surface area contributed by atoms with Gasteiger partial charge in [-0.3, -0.25) is 14.9 Å². The summed E-state index contributed by atoms with van der Waals surface area (Å²) in [5.41, 5.74) is 7.87. The number of nitro groups is 1. The molecule has 0 fully saturated rings. The summed E-state index contributed by atoms with van der Waals surface area (Å²) in [6.45, 7) is 0. The van der Waals surface area contributed by atoms with Crippen molar-refractivity contribution >= 4 is 34.3 Å². The third-order valence-corrected chi connectivity index (χ3v) is 3.55. The van der Waals surface area contributed by atoms with Crippen LogP contribution in [-0.4, -0.2) is 34.2 Å². The number of aromatic nitrogens is 1. The number of carbonyl (C=O) groups is 1. The number of rotatable bonds is 6. The number of carbonyl (C=O) groups excluding carboxylic acids is 1. The van der Waals surface area contributed by atoms with E-state index in [0.717, 1.165) is 18.3 Å². The Labute approximate surface area is 139 Å². The fraction of sp³-hybridized carbons (Fsp3) is 0.154. The molecule has 0 aliphatic carbocycles. The zero-order valence-corrected chi connectivity index (χ0v) is 13.2. The van der Waals surface area contributed by atoms with Gasteiger partial charge in [-0.15, -0.1) is 11.3 Å². The Morgan fingerprint density at radius 3 is 2.96 bits per heavy atom. The van der Waals surface area contributed by atoms with Crippen molar-refractivity contribution in [2.75, 3.05) is 12.8 Å². The normalized spacial score (nSPS) is 10.7. The second-order valence-corrected chi connectivity index (χ2v) is 5.38. The zero-order valence-electron chi connectivity index (χ0n) is 12.4. The van der Waals surface area contributed by atoms with E-state index in [9.17, 15) is 20.0 Å². The summed E-state index contributed by atoms with van der Waals surface area (Å²) in [4.78, 5) is 26.0. The van der Waals surface area contributed by atoms with Crippen molar-refractivity contribution in [3.63, 3.8) is 0 Å². The standard InChI is InChI=1S/C13H13N5O5S/c1-23-11-4-9(18(21)22)7(2-10(11)19)5-15-17-12(20)3-8-6-24-13(14)16-8/h2,4-6,19H,3H2,1H3,(H2,14,16)(H,17,20)/b15-5+. The molecule has 0 spiro atoms. The highest BCUT2D eigenvalue weighted by Gasteiger charge is 2.17. The molecule has 1 aromatic heterocycles. The number of ether oxygens (including phenoxy) is 1. The number of anilines is 1. The number of nitrogen functional groups attached to an aromatic ring is 1. The molecule has 0 aliphatic heterocycles. The third-order valence-electron chi connectivity index (χ3n) is 2.83. The molecule has 2 aromatic rings. The number of benzene rings is 1. The molecule has 0 bridgehead atoms. The number of nitrogens with one attached hydrogen (secondary N) is 1. The van der Waals surface area contributed by atoms with E-state index in [1.54, 1.807) is 5.38 Å². The van der Waals surface area contributed by atoms with Crippen molar-refractivity contribution in [1.82, 2.24) is 10.4 Å². The van der Waals surface area contributed by atoms with E-state index in [-0.39, 0.29) is 29.2 Å². The van der Waals surface area contributed by atoms with Gasteiger partial charge in [-0.2, -0.15) is 5.10 Å². The van der Waals surface area contributed by atoms with Gasteiger partial charge in [0.05, 0.1) is 42.0 Å². The van der Waals surface area contributed by atoms with Gasteiger partial charge < -0.3 is 15.6 Å². The van der Waals surface area contributed by atoms with Gasteiger partial charge in [0.15, 0.2) is 16.6 Å². The van der Waals surface area contributed by atoms with E-state index in [0.29, 0.717) is 10.8 Å². The molecule has 2 rings (SSSR count). The highest BCUT2D eigenvalue weighted by Crippen LogP contribution is 2.32. The number of nitrogens with zero attached hydrogens (tertiary/aromatic N) is 3. The zero-order chi connectivity index (χ0) is 17.7. The van der Waals surface area contributed by atoms with Crippen LogP contribution in [-0.2, 0) is 11.2 Å². The number of hydrogen-bond donors (Lipinski definition) is 3. The molecule has 1 heterocycles. The number of nitrogens with two attached hydrogens (primary N) is 1. The van der Waals surface area contributed by atoms with Gasteiger partial charge in [-0.05, 0) is 6.07 Å². The van der Waals surface area contributed by atoms with Crippen LogP contribution in [0.4, 0.5) is 10.8 Å². The van der Waals surface area contributed by atoms with E-state index >= 15 is 0 Å². The average molecular weight is 351 g/mol. The number of nitro benzene ring substituents is 1. The van der Waals surface area contributed by atoms with Gasteiger partial charge in [0.1, 0.15) is 0 Å². The molecule has 10 nitrogen and oxygen atoms in total. The van der Waals surface area contributed by atoms with Gasteiger partial charge in [0.2, 0.25) is 5.91 Å². The molecule has 0 aliphatic rings. The smallest absolute Gasteiger partial charge is 0.282 e. The Morgan fingerprint density at radius 1 is 1.62 bits per heavy atom. The summed E-state index contributed by atoms with van der Waals surface area (Å²) >= 11 is 1.21. The summed E-state index contributed by atoms with van der Waals surface area (Å²) in [6, 6.07) is 2.18. The van der Waals surface area contributed by atoms with Crippen LogP contribution < -0.4 is 15.9 Å². The first kappa shape index (κ1) is 17.1. The first-order valence-corrected chi connectivity index (χ1v) is 7.36. The highest BCUT2D eigenvalue weighted by atomic mass is 32.1. The molecule has 1 aromatic carbocycles. The fourth-order valence-corrected chi connectivity index (χ4v) is 2.34. The first-order chi connectivity index (χ1) is 11.4. The molecule has 0 unspecified atom stereocenters. The van der Waals surface area contributed by atoms with Crippen molar-refractivity contribution in [2.45, 2.75) is 6.42 Å². The van der Waals surface area contributed by atoms with E-state index in [2.05, 4.69) is 15.5 Å². The maximum absolute atomic E-state index is 11.7. The largest absolute Gasteiger partial charge is 0.504 e. The SMILES string of the molecule is COc1cc([N+](=O)[O-])c(/C=N/NC(=O)Cc2csc(N)n2)cc1O. The molecule has 0 atom stereocenters. The van der Waals surface area contributed by atoms with Crippen LogP contribution >= 0.6 is 11.3 Å². The van der Waals surface area contributed by atoms with Crippen molar-refractivity contribution in [3.8, 4) is 11.5 Å². The van der Waals surface area contributed by atoms with Gasteiger partial charge in [0.25, 0.3) is 5.69 Å². The summed E-state index contributed by atoms with van der Waals surface area (Å²) in [5, 5.41) is 26.4. The van der Waals surface area contributed by atoms with Crippen molar-refractivity contribution in [3.05, 3.63) is 38.9 Å². The Balaban J connectivity index is 2.09. The molecule has 0 saturated carbocycles. The van der Waals surface area contributed by atoms with Crippen LogP contribution in [0.5, 0.6) is 11.5 Å². The molecule has 24 heavy (non-hydrogen) atoms. The van der Waals surface area contributed by atoms with E-state index in [1.165, 1.54) is 18.4 Å². The minimum absolute atomic E-state index is 0.0107. The van der Waals surface area contributed by atoms with Crippen LogP contribution in [0.2, 0.25) is 0 Å². The summed E-state index contributed by atoms with van der Waals surface area (Å²) in [5.74, 6) is -0.783. The molecular weight excluding hydrogens is 338 g/mol. The van der Waals surface area contributed by atoms with Crippen LogP contribution in [0.15, 0.2) is 22.6 Å². The van der Waals surface area contributed by atoms with E-state index in [1.807, 2.05) is 0 Å². The predicted octanol–water partition coefficient (Wildman–Crippen LogP) is 1.04. The lowest BCUT2D eigenvalue weighted by atomic mass is 10.1. The van der Waals surface area contributed by atoms with Crippen LogP contribution in [0, 0.1) is 10.1 Å². The highest BCUT2D eigenvalue weighted by molar-refractivity contribution is 7.13. The number of hydrogen-bond acceptors (Lipinski definition) is 9. The molecule has 0 radical (unpaired) electrons. The number of amides is 1. The van der Waals surface area contributed by atoms with Gasteiger partial charge >= 0.3 is 0 Å². The Morgan fingerprint density at radius 2 is 2.38 bits per heavy atom. The predicted molar refractivity (Wildman–Crippen MR) is 87.3 cm³/mol. The maximum atomic E-state index is 11.7. The Kier molecular flexibility index (Phi) is 5.27. The van der Waals surface area contributed by atoms with Crippen molar-refractivity contribution < 1.29 is 19.6 Å². The lowest BCUT2D eigenvalue weighted by Gasteiger charge is -2.05. The summed E-state index contributed by atoms with van der Waals surface area (Å²) < 4.78 is 4.82. The van der Waals surface area contributed by atoms with Crippen molar-refractivity contribution in [2.24, 2.45) is 5.10 Å². The number of phenolic OH excluding ortho intramolecular Hbond substituents is 1. The fourth-order valence-electron chi connectivity index (χ4n) is 1.78. The molecule has 4 N–H and O–H groups in total. The van der Waals surface area contributed by atoms with Crippen molar-refractivity contribution in [1.29, 1.82) is 0 Å². The average Bonchev–Trinajstić information content (AvgIpc) is 2.92.